The standard InChI is InChI=1S/C17H25N3O4S2.ClH/c21-17(19-3-1-13-10-18-11-14(13)2-4-19)15-9-16(25-12-15)26(22,23)20-5-7-24-8-6-20;/h9,12-14,18H,1-8,10-11H2;1H/t13-,14+;. The quantitative estimate of drug-likeness (QED) is 0.773. The van der Waals surface area contributed by atoms with E-state index >= 15 is 0 Å². The van der Waals surface area contributed by atoms with Gasteiger partial charge in [0.05, 0.1) is 18.8 Å². The molecule has 2 atom stereocenters. The summed E-state index contributed by atoms with van der Waals surface area (Å²) in [6, 6.07) is 1.55. The van der Waals surface area contributed by atoms with E-state index in [9.17, 15) is 13.2 Å². The van der Waals surface area contributed by atoms with Gasteiger partial charge in [-0.05, 0) is 43.8 Å². The third kappa shape index (κ3) is 4.33. The molecule has 1 aromatic heterocycles. The number of amides is 1. The number of sulfonamides is 1. The van der Waals surface area contributed by atoms with Gasteiger partial charge in [-0.3, -0.25) is 4.79 Å². The van der Waals surface area contributed by atoms with E-state index in [-0.39, 0.29) is 22.5 Å². The van der Waals surface area contributed by atoms with Crippen molar-refractivity contribution in [2.75, 3.05) is 52.5 Å². The van der Waals surface area contributed by atoms with Crippen molar-refractivity contribution in [3.8, 4) is 0 Å². The van der Waals surface area contributed by atoms with Crippen molar-refractivity contribution in [2.24, 2.45) is 11.8 Å². The van der Waals surface area contributed by atoms with E-state index in [4.69, 9.17) is 4.74 Å². The summed E-state index contributed by atoms with van der Waals surface area (Å²) in [5, 5.41) is 5.12. The Morgan fingerprint density at radius 1 is 1.11 bits per heavy atom. The molecule has 0 aromatic carbocycles. The lowest BCUT2D eigenvalue weighted by Gasteiger charge is -2.25. The highest BCUT2D eigenvalue weighted by Gasteiger charge is 2.33. The normalized spacial score (nSPS) is 26.9. The molecule has 0 spiro atoms. The highest BCUT2D eigenvalue weighted by Crippen LogP contribution is 2.29. The Morgan fingerprint density at radius 2 is 1.74 bits per heavy atom. The van der Waals surface area contributed by atoms with Gasteiger partial charge in [0.1, 0.15) is 4.21 Å². The van der Waals surface area contributed by atoms with Crippen molar-refractivity contribution in [1.82, 2.24) is 14.5 Å². The average molecular weight is 436 g/mol. The van der Waals surface area contributed by atoms with E-state index in [0.717, 1.165) is 50.4 Å². The fraction of sp³-hybridized carbons (Fsp3) is 0.706. The van der Waals surface area contributed by atoms with E-state index in [1.54, 1.807) is 11.4 Å². The van der Waals surface area contributed by atoms with Crippen molar-refractivity contribution in [3.63, 3.8) is 0 Å². The molecule has 152 valence electrons. The van der Waals surface area contributed by atoms with Gasteiger partial charge in [0.2, 0.25) is 0 Å². The number of likely N-dealkylation sites (tertiary alicyclic amines) is 1. The monoisotopic (exact) mass is 435 g/mol. The maximum absolute atomic E-state index is 12.9. The van der Waals surface area contributed by atoms with Gasteiger partial charge in [-0.25, -0.2) is 8.42 Å². The van der Waals surface area contributed by atoms with Gasteiger partial charge in [0.15, 0.2) is 0 Å². The molecule has 1 N–H and O–H groups in total. The summed E-state index contributed by atoms with van der Waals surface area (Å²) < 4.78 is 32.4. The number of thiophene rings is 1. The fourth-order valence-corrected chi connectivity index (χ4v) is 6.80. The second kappa shape index (κ2) is 8.75. The molecule has 3 fully saturated rings. The molecule has 0 unspecified atom stereocenters. The first kappa shape index (κ1) is 21.0. The number of halogens is 1. The van der Waals surface area contributed by atoms with Gasteiger partial charge >= 0.3 is 0 Å². The minimum absolute atomic E-state index is 0. The molecule has 3 aliphatic rings. The molecule has 0 bridgehead atoms. The smallest absolute Gasteiger partial charge is 0.254 e. The van der Waals surface area contributed by atoms with Crippen LogP contribution in [0.2, 0.25) is 0 Å². The Morgan fingerprint density at radius 3 is 2.37 bits per heavy atom. The van der Waals surface area contributed by atoms with Crippen LogP contribution in [0, 0.1) is 11.8 Å². The number of morpholine rings is 1. The molecule has 3 saturated heterocycles. The SMILES string of the molecule is Cl.O=C(c1csc(S(=O)(=O)N2CCOCC2)c1)N1CC[C@@H]2CNC[C@@H]2CC1. The van der Waals surface area contributed by atoms with Crippen LogP contribution in [0.3, 0.4) is 0 Å². The number of nitrogens with one attached hydrogen (secondary N) is 1. The van der Waals surface area contributed by atoms with Crippen LogP contribution in [0.4, 0.5) is 0 Å². The van der Waals surface area contributed by atoms with Crippen LogP contribution in [0.1, 0.15) is 23.2 Å². The molecule has 4 heterocycles. The van der Waals surface area contributed by atoms with Gasteiger partial charge in [-0.1, -0.05) is 0 Å². The summed E-state index contributed by atoms with van der Waals surface area (Å²) in [4.78, 5) is 14.8. The second-order valence-electron chi connectivity index (χ2n) is 7.22. The number of fused-ring (bicyclic) bond motifs is 1. The van der Waals surface area contributed by atoms with Crippen molar-refractivity contribution in [1.29, 1.82) is 0 Å². The molecule has 1 amide bonds. The zero-order valence-corrected chi connectivity index (χ0v) is 17.6. The van der Waals surface area contributed by atoms with E-state index < -0.39 is 10.0 Å². The number of hydrogen-bond donors (Lipinski definition) is 1. The van der Waals surface area contributed by atoms with Crippen molar-refractivity contribution in [2.45, 2.75) is 17.1 Å². The van der Waals surface area contributed by atoms with Crippen molar-refractivity contribution >= 4 is 39.7 Å². The van der Waals surface area contributed by atoms with Crippen LogP contribution in [0.15, 0.2) is 15.7 Å². The lowest BCUT2D eigenvalue weighted by molar-refractivity contribution is 0.0730. The van der Waals surface area contributed by atoms with Crippen LogP contribution in [-0.2, 0) is 14.8 Å². The lowest BCUT2D eigenvalue weighted by Crippen LogP contribution is -2.40. The molecular weight excluding hydrogens is 410 g/mol. The zero-order chi connectivity index (χ0) is 18.1. The molecular formula is C17H26ClN3O4S2. The number of carbonyl (C=O) groups excluding carboxylic acids is 1. The van der Waals surface area contributed by atoms with Gasteiger partial charge in [-0.15, -0.1) is 23.7 Å². The predicted octanol–water partition coefficient (Wildman–Crippen LogP) is 1.26. The topological polar surface area (TPSA) is 79.0 Å². The zero-order valence-electron chi connectivity index (χ0n) is 15.1. The Balaban J connectivity index is 0.00000210. The third-order valence-corrected chi connectivity index (χ3v) is 9.01. The van der Waals surface area contributed by atoms with E-state index in [1.165, 1.54) is 4.31 Å². The molecule has 0 saturated carbocycles. The van der Waals surface area contributed by atoms with Crippen LogP contribution >= 0.6 is 23.7 Å². The minimum atomic E-state index is -3.53. The maximum atomic E-state index is 12.9. The Hall–Kier alpha value is -0.710. The van der Waals surface area contributed by atoms with Crippen LogP contribution in [0.25, 0.3) is 0 Å². The average Bonchev–Trinajstić information content (AvgIpc) is 3.28. The Labute approximate surface area is 170 Å². The van der Waals surface area contributed by atoms with Crippen molar-refractivity contribution < 1.29 is 17.9 Å². The molecule has 3 aliphatic heterocycles. The molecule has 0 radical (unpaired) electrons. The van der Waals surface area contributed by atoms with Gasteiger partial charge in [-0.2, -0.15) is 4.31 Å². The molecule has 27 heavy (non-hydrogen) atoms. The molecule has 0 aliphatic carbocycles. The van der Waals surface area contributed by atoms with Crippen LogP contribution < -0.4 is 5.32 Å². The highest BCUT2D eigenvalue weighted by molar-refractivity contribution is 7.91. The third-order valence-electron chi connectivity index (χ3n) is 5.69. The summed E-state index contributed by atoms with van der Waals surface area (Å²) in [5.74, 6) is 1.28. The highest BCUT2D eigenvalue weighted by atomic mass is 35.5. The van der Waals surface area contributed by atoms with E-state index in [0.29, 0.717) is 43.7 Å². The summed E-state index contributed by atoms with van der Waals surface area (Å²) in [6.07, 6.45) is 2.04. The first-order valence-electron chi connectivity index (χ1n) is 9.22. The van der Waals surface area contributed by atoms with Gasteiger partial charge < -0.3 is 15.0 Å². The summed E-state index contributed by atoms with van der Waals surface area (Å²) in [5.41, 5.74) is 0.493. The fourth-order valence-electron chi connectivity index (χ4n) is 4.08. The lowest BCUT2D eigenvalue weighted by atomic mass is 9.92. The first-order valence-corrected chi connectivity index (χ1v) is 11.5. The molecule has 4 rings (SSSR count). The summed E-state index contributed by atoms with van der Waals surface area (Å²) in [7, 11) is -3.53. The van der Waals surface area contributed by atoms with Crippen LogP contribution in [-0.4, -0.2) is 76.0 Å². The second-order valence-corrected chi connectivity index (χ2v) is 10.3. The van der Waals surface area contributed by atoms with Gasteiger partial charge in [0.25, 0.3) is 15.9 Å². The Kier molecular flexibility index (Phi) is 6.81. The number of carbonyl (C=O) groups is 1. The number of rotatable bonds is 3. The predicted molar refractivity (Wildman–Crippen MR) is 106 cm³/mol. The molecule has 10 heteroatoms. The number of hydrogen-bond acceptors (Lipinski definition) is 6. The van der Waals surface area contributed by atoms with E-state index in [1.807, 2.05) is 4.90 Å². The number of ether oxygens (including phenoxy) is 1. The first-order chi connectivity index (χ1) is 12.6. The summed E-state index contributed by atoms with van der Waals surface area (Å²) >= 11 is 1.14. The van der Waals surface area contributed by atoms with Crippen molar-refractivity contribution in [3.05, 3.63) is 17.0 Å². The maximum Gasteiger partial charge on any atom is 0.254 e. The molecule has 1 aromatic rings. The largest absolute Gasteiger partial charge is 0.379 e. The summed E-state index contributed by atoms with van der Waals surface area (Å²) in [6.45, 7) is 5.17. The Bertz CT molecular complexity index is 750. The number of nitrogens with zero attached hydrogens (tertiary/aromatic N) is 2. The van der Waals surface area contributed by atoms with Crippen LogP contribution in [0.5, 0.6) is 0 Å². The minimum Gasteiger partial charge on any atom is -0.379 e. The van der Waals surface area contributed by atoms with Gasteiger partial charge in [0, 0.05) is 31.6 Å². The molecule has 7 nitrogen and oxygen atoms in total. The van der Waals surface area contributed by atoms with E-state index in [2.05, 4.69) is 5.32 Å².